The molecule has 2 heteroatoms. The van der Waals surface area contributed by atoms with E-state index in [2.05, 4.69) is 0 Å². The van der Waals surface area contributed by atoms with E-state index in [-0.39, 0.29) is 12.4 Å². The maximum Gasteiger partial charge on any atom is 0.171 e. The van der Waals surface area contributed by atoms with Crippen LogP contribution in [0.2, 0.25) is 0 Å². The van der Waals surface area contributed by atoms with Gasteiger partial charge in [-0.15, -0.1) is 0 Å². The molecule has 2 aliphatic rings. The molecule has 18 heavy (non-hydrogen) atoms. The number of rotatable bonds is 3. The minimum Gasteiger partial charge on any atom is -0.395 e. The van der Waals surface area contributed by atoms with Gasteiger partial charge in [0, 0.05) is 5.56 Å². The van der Waals surface area contributed by atoms with Gasteiger partial charge in [0.1, 0.15) is 0 Å². The number of Topliss-reactive ketones (excluding diaryl/α,β-unsaturated/α-hetero) is 1. The molecule has 0 aromatic heterocycles. The van der Waals surface area contributed by atoms with Crippen molar-refractivity contribution in [2.24, 2.45) is 11.3 Å². The molecule has 0 bridgehead atoms. The van der Waals surface area contributed by atoms with Crippen molar-refractivity contribution >= 4 is 5.78 Å². The molecule has 2 aliphatic carbocycles. The van der Waals surface area contributed by atoms with Crippen LogP contribution in [0.25, 0.3) is 0 Å². The van der Waals surface area contributed by atoms with E-state index in [1.807, 2.05) is 24.3 Å². The fraction of sp³-hybridized carbons (Fsp3) is 0.562. The van der Waals surface area contributed by atoms with Crippen molar-refractivity contribution in [1.82, 2.24) is 0 Å². The maximum atomic E-state index is 12.6. The quantitative estimate of drug-likeness (QED) is 0.887. The molecule has 0 amide bonds. The van der Waals surface area contributed by atoms with Gasteiger partial charge in [-0.3, -0.25) is 4.79 Å². The number of carbonyl (C=O) groups is 1. The van der Waals surface area contributed by atoms with Crippen LogP contribution in [0.4, 0.5) is 0 Å². The van der Waals surface area contributed by atoms with Crippen molar-refractivity contribution in [3.05, 3.63) is 35.4 Å². The fourth-order valence-corrected chi connectivity index (χ4v) is 3.75. The highest BCUT2D eigenvalue weighted by Gasteiger charge is 2.46. The first-order valence-electron chi connectivity index (χ1n) is 6.99. The molecular weight excluding hydrogens is 224 g/mol. The summed E-state index contributed by atoms with van der Waals surface area (Å²) < 4.78 is 0. The summed E-state index contributed by atoms with van der Waals surface area (Å²) in [6, 6.07) is 7.83. The van der Waals surface area contributed by atoms with Crippen LogP contribution in [0.1, 0.15) is 48.0 Å². The molecule has 0 saturated heterocycles. The summed E-state index contributed by atoms with van der Waals surface area (Å²) in [5, 5.41) is 9.80. The SMILES string of the molecule is O=C1c2ccccc2C[C@]1(CO)CC1CCCC1. The van der Waals surface area contributed by atoms with Gasteiger partial charge in [-0.05, 0) is 24.3 Å². The van der Waals surface area contributed by atoms with Crippen LogP contribution in [0.15, 0.2) is 24.3 Å². The van der Waals surface area contributed by atoms with Gasteiger partial charge in [-0.2, -0.15) is 0 Å². The van der Waals surface area contributed by atoms with Gasteiger partial charge in [-0.1, -0.05) is 49.9 Å². The van der Waals surface area contributed by atoms with Crippen LogP contribution in [0.3, 0.4) is 0 Å². The summed E-state index contributed by atoms with van der Waals surface area (Å²) in [6.45, 7) is -0.00296. The summed E-state index contributed by atoms with van der Waals surface area (Å²) in [4.78, 5) is 12.6. The molecule has 1 aromatic carbocycles. The number of benzene rings is 1. The zero-order valence-electron chi connectivity index (χ0n) is 10.7. The lowest BCUT2D eigenvalue weighted by Gasteiger charge is -2.28. The first-order valence-corrected chi connectivity index (χ1v) is 6.99. The number of aliphatic hydroxyl groups excluding tert-OH is 1. The number of ketones is 1. The van der Waals surface area contributed by atoms with E-state index in [0.717, 1.165) is 24.0 Å². The highest BCUT2D eigenvalue weighted by molar-refractivity contribution is 6.05. The van der Waals surface area contributed by atoms with E-state index >= 15 is 0 Å². The van der Waals surface area contributed by atoms with E-state index in [1.165, 1.54) is 25.7 Å². The number of fused-ring (bicyclic) bond motifs is 1. The Labute approximate surface area is 108 Å². The van der Waals surface area contributed by atoms with Crippen LogP contribution in [0.5, 0.6) is 0 Å². The van der Waals surface area contributed by atoms with Gasteiger partial charge in [0.25, 0.3) is 0 Å². The molecule has 96 valence electrons. The molecule has 0 heterocycles. The Bertz CT molecular complexity index is 460. The van der Waals surface area contributed by atoms with Gasteiger partial charge in [0.2, 0.25) is 0 Å². The third-order valence-corrected chi connectivity index (χ3v) is 4.73. The lowest BCUT2D eigenvalue weighted by Crippen LogP contribution is -2.34. The molecule has 2 nitrogen and oxygen atoms in total. The second kappa shape index (κ2) is 4.51. The average molecular weight is 244 g/mol. The zero-order chi connectivity index (χ0) is 12.6. The largest absolute Gasteiger partial charge is 0.395 e. The summed E-state index contributed by atoms with van der Waals surface area (Å²) in [7, 11) is 0. The molecule has 1 aromatic rings. The molecule has 1 fully saturated rings. The molecular formula is C16H20O2. The standard InChI is InChI=1S/C16H20O2/c17-11-16(9-12-5-1-2-6-12)10-13-7-3-4-8-14(13)15(16)18/h3-4,7-8,12,17H,1-2,5-6,9-11H2/t16-/m0/s1. The maximum absolute atomic E-state index is 12.6. The average Bonchev–Trinajstić information content (AvgIpc) is 2.99. The Morgan fingerprint density at radius 1 is 1.22 bits per heavy atom. The van der Waals surface area contributed by atoms with E-state index < -0.39 is 5.41 Å². The Morgan fingerprint density at radius 3 is 2.61 bits per heavy atom. The smallest absolute Gasteiger partial charge is 0.171 e. The minimum atomic E-state index is -0.515. The lowest BCUT2D eigenvalue weighted by atomic mass is 9.76. The first kappa shape index (κ1) is 11.9. The van der Waals surface area contributed by atoms with E-state index in [9.17, 15) is 9.90 Å². The van der Waals surface area contributed by atoms with Crippen molar-refractivity contribution in [1.29, 1.82) is 0 Å². The first-order chi connectivity index (χ1) is 8.75. The molecule has 3 rings (SSSR count). The number of aliphatic hydroxyl groups is 1. The van der Waals surface area contributed by atoms with Crippen LogP contribution >= 0.6 is 0 Å². The van der Waals surface area contributed by atoms with Gasteiger partial charge in [0.15, 0.2) is 5.78 Å². The summed E-state index contributed by atoms with van der Waals surface area (Å²) in [5.74, 6) is 0.808. The van der Waals surface area contributed by atoms with Crippen molar-refractivity contribution in [3.8, 4) is 0 Å². The molecule has 0 spiro atoms. The van der Waals surface area contributed by atoms with Gasteiger partial charge in [0.05, 0.1) is 12.0 Å². The topological polar surface area (TPSA) is 37.3 Å². The van der Waals surface area contributed by atoms with Crippen molar-refractivity contribution in [2.45, 2.75) is 38.5 Å². The van der Waals surface area contributed by atoms with Crippen LogP contribution in [0, 0.1) is 11.3 Å². The van der Waals surface area contributed by atoms with Crippen LogP contribution < -0.4 is 0 Å². The number of hydrogen-bond donors (Lipinski definition) is 1. The van der Waals surface area contributed by atoms with E-state index in [0.29, 0.717) is 5.92 Å². The summed E-state index contributed by atoms with van der Waals surface area (Å²) in [6.07, 6.45) is 6.63. The van der Waals surface area contributed by atoms with Crippen LogP contribution in [-0.4, -0.2) is 17.5 Å². The van der Waals surface area contributed by atoms with Crippen molar-refractivity contribution in [3.63, 3.8) is 0 Å². The monoisotopic (exact) mass is 244 g/mol. The van der Waals surface area contributed by atoms with Gasteiger partial charge >= 0.3 is 0 Å². The highest BCUT2D eigenvalue weighted by atomic mass is 16.3. The highest BCUT2D eigenvalue weighted by Crippen LogP contribution is 2.44. The normalized spacial score (nSPS) is 27.7. The Morgan fingerprint density at radius 2 is 1.94 bits per heavy atom. The predicted octanol–water partition coefficient (Wildman–Crippen LogP) is 2.98. The third kappa shape index (κ3) is 1.79. The molecule has 1 saturated carbocycles. The molecule has 0 radical (unpaired) electrons. The second-order valence-electron chi connectivity index (χ2n) is 5.96. The van der Waals surface area contributed by atoms with Crippen molar-refractivity contribution in [2.75, 3.05) is 6.61 Å². The fourth-order valence-electron chi connectivity index (χ4n) is 3.75. The number of carbonyl (C=O) groups excluding carboxylic acids is 1. The molecule has 0 aliphatic heterocycles. The Hall–Kier alpha value is -1.15. The van der Waals surface area contributed by atoms with Crippen LogP contribution in [-0.2, 0) is 6.42 Å². The number of hydrogen-bond acceptors (Lipinski definition) is 2. The second-order valence-corrected chi connectivity index (χ2v) is 5.96. The Balaban J connectivity index is 1.87. The molecule has 1 atom stereocenters. The van der Waals surface area contributed by atoms with Crippen molar-refractivity contribution < 1.29 is 9.90 Å². The lowest BCUT2D eigenvalue weighted by molar-refractivity contribution is 0.0601. The van der Waals surface area contributed by atoms with E-state index in [1.54, 1.807) is 0 Å². The predicted molar refractivity (Wildman–Crippen MR) is 70.6 cm³/mol. The zero-order valence-corrected chi connectivity index (χ0v) is 10.7. The molecule has 1 N–H and O–H groups in total. The summed E-state index contributed by atoms with van der Waals surface area (Å²) in [5.41, 5.74) is 1.44. The van der Waals surface area contributed by atoms with Gasteiger partial charge < -0.3 is 5.11 Å². The Kier molecular flexibility index (Phi) is 2.98. The van der Waals surface area contributed by atoms with Gasteiger partial charge in [-0.25, -0.2) is 0 Å². The minimum absolute atomic E-state index is 0.00296. The third-order valence-electron chi connectivity index (χ3n) is 4.73. The molecule has 0 unspecified atom stereocenters. The summed E-state index contributed by atoms with van der Waals surface area (Å²) >= 11 is 0. The van der Waals surface area contributed by atoms with E-state index in [4.69, 9.17) is 0 Å².